The maximum Gasteiger partial charge on any atom is 0.318 e. The highest BCUT2D eigenvalue weighted by molar-refractivity contribution is 5.78. The predicted octanol–water partition coefficient (Wildman–Crippen LogP) is 5.30. The van der Waals surface area contributed by atoms with Crippen LogP contribution in [0.5, 0.6) is 5.75 Å². The normalized spacial score (nSPS) is 13.2. The SMILES string of the molecule is CCOc1cccc(C(C)NC(=O)N(C)C(C)c2cc3ccccc3o2)c1. The number of furan rings is 1. The summed E-state index contributed by atoms with van der Waals surface area (Å²) in [7, 11) is 1.77. The molecule has 0 spiro atoms. The van der Waals surface area contributed by atoms with Crippen LogP contribution in [0, 0.1) is 0 Å². The largest absolute Gasteiger partial charge is 0.494 e. The van der Waals surface area contributed by atoms with Crippen LogP contribution in [0.25, 0.3) is 11.0 Å². The van der Waals surface area contributed by atoms with E-state index in [4.69, 9.17) is 9.15 Å². The van der Waals surface area contributed by atoms with Crippen LogP contribution in [0.15, 0.2) is 59.0 Å². The van der Waals surface area contributed by atoms with E-state index in [-0.39, 0.29) is 18.1 Å². The summed E-state index contributed by atoms with van der Waals surface area (Å²) in [6, 6.07) is 17.1. The third kappa shape index (κ3) is 4.25. The van der Waals surface area contributed by atoms with Gasteiger partial charge in [0.05, 0.1) is 18.7 Å². The fourth-order valence-corrected chi connectivity index (χ4v) is 2.99. The second-order valence-corrected chi connectivity index (χ2v) is 6.65. The Morgan fingerprint density at radius 2 is 1.93 bits per heavy atom. The van der Waals surface area contributed by atoms with E-state index in [2.05, 4.69) is 5.32 Å². The fraction of sp³-hybridized carbons (Fsp3) is 0.318. The number of carbonyl (C=O) groups excluding carboxylic acids is 1. The van der Waals surface area contributed by atoms with Gasteiger partial charge in [0.15, 0.2) is 0 Å². The second-order valence-electron chi connectivity index (χ2n) is 6.65. The lowest BCUT2D eigenvalue weighted by Gasteiger charge is -2.26. The van der Waals surface area contributed by atoms with Crippen molar-refractivity contribution < 1.29 is 13.9 Å². The molecule has 0 aliphatic carbocycles. The summed E-state index contributed by atoms with van der Waals surface area (Å²) in [5.41, 5.74) is 1.83. The average molecular weight is 366 g/mol. The van der Waals surface area contributed by atoms with Gasteiger partial charge in [-0.3, -0.25) is 0 Å². The zero-order chi connectivity index (χ0) is 19.4. The van der Waals surface area contributed by atoms with Crippen molar-refractivity contribution in [2.24, 2.45) is 0 Å². The van der Waals surface area contributed by atoms with Gasteiger partial charge in [-0.25, -0.2) is 4.79 Å². The summed E-state index contributed by atoms with van der Waals surface area (Å²) in [4.78, 5) is 14.4. The fourth-order valence-electron chi connectivity index (χ4n) is 2.99. The van der Waals surface area contributed by atoms with E-state index in [0.29, 0.717) is 6.61 Å². The number of ether oxygens (including phenoxy) is 1. The van der Waals surface area contributed by atoms with Crippen molar-refractivity contribution >= 4 is 17.0 Å². The summed E-state index contributed by atoms with van der Waals surface area (Å²) in [5, 5.41) is 4.08. The molecule has 0 bridgehead atoms. The molecule has 3 aromatic rings. The Kier molecular flexibility index (Phi) is 5.69. The molecule has 0 radical (unpaired) electrons. The number of benzene rings is 2. The van der Waals surface area contributed by atoms with Gasteiger partial charge in [-0.1, -0.05) is 30.3 Å². The molecule has 142 valence electrons. The highest BCUT2D eigenvalue weighted by Crippen LogP contribution is 2.27. The molecule has 3 rings (SSSR count). The molecule has 2 aromatic carbocycles. The molecule has 1 N–H and O–H groups in total. The molecule has 0 aliphatic heterocycles. The van der Waals surface area contributed by atoms with Crippen LogP contribution in [-0.2, 0) is 0 Å². The molecule has 2 unspecified atom stereocenters. The van der Waals surface area contributed by atoms with E-state index in [0.717, 1.165) is 28.0 Å². The first kappa shape index (κ1) is 18.8. The van der Waals surface area contributed by atoms with E-state index in [1.807, 2.05) is 75.4 Å². The maximum absolute atomic E-state index is 12.7. The minimum atomic E-state index is -0.181. The van der Waals surface area contributed by atoms with E-state index in [9.17, 15) is 4.79 Å². The standard InChI is InChI=1S/C22H26N2O3/c1-5-26-19-11-8-10-17(13-19)15(2)23-22(25)24(4)16(3)21-14-18-9-6-7-12-20(18)27-21/h6-16H,5H2,1-4H3,(H,23,25). The number of hydrogen-bond donors (Lipinski definition) is 1. The van der Waals surface area contributed by atoms with Crippen molar-refractivity contribution in [2.45, 2.75) is 32.9 Å². The van der Waals surface area contributed by atoms with Crippen LogP contribution in [0.3, 0.4) is 0 Å². The summed E-state index contributed by atoms with van der Waals surface area (Å²) in [5.74, 6) is 1.57. The number of amides is 2. The highest BCUT2D eigenvalue weighted by atomic mass is 16.5. The first-order chi connectivity index (χ1) is 13.0. The number of nitrogens with one attached hydrogen (secondary N) is 1. The van der Waals surface area contributed by atoms with Crippen LogP contribution >= 0.6 is 0 Å². The lowest BCUT2D eigenvalue weighted by molar-refractivity contribution is 0.185. The van der Waals surface area contributed by atoms with Crippen molar-refractivity contribution in [3.8, 4) is 5.75 Å². The molecule has 1 aromatic heterocycles. The molecule has 2 atom stereocenters. The van der Waals surface area contributed by atoms with Crippen LogP contribution in [0.1, 0.15) is 44.2 Å². The van der Waals surface area contributed by atoms with Crippen molar-refractivity contribution in [3.05, 3.63) is 65.9 Å². The summed E-state index contributed by atoms with van der Waals surface area (Å²) in [6.07, 6.45) is 0. The molecule has 2 amide bonds. The smallest absolute Gasteiger partial charge is 0.318 e. The Morgan fingerprint density at radius 1 is 1.15 bits per heavy atom. The maximum atomic E-state index is 12.7. The lowest BCUT2D eigenvalue weighted by atomic mass is 10.1. The van der Waals surface area contributed by atoms with Gasteiger partial charge in [0, 0.05) is 12.4 Å². The Hall–Kier alpha value is -2.95. The number of urea groups is 1. The van der Waals surface area contributed by atoms with Crippen LogP contribution in [0.2, 0.25) is 0 Å². The average Bonchev–Trinajstić information content (AvgIpc) is 3.11. The number of para-hydroxylation sites is 1. The minimum absolute atomic E-state index is 0.136. The summed E-state index contributed by atoms with van der Waals surface area (Å²) in [6.45, 7) is 6.48. The van der Waals surface area contributed by atoms with E-state index in [1.165, 1.54) is 0 Å². The van der Waals surface area contributed by atoms with Crippen molar-refractivity contribution in [3.63, 3.8) is 0 Å². The molecular formula is C22H26N2O3. The summed E-state index contributed by atoms with van der Waals surface area (Å²) >= 11 is 0. The third-order valence-electron chi connectivity index (χ3n) is 4.77. The number of rotatable bonds is 6. The number of carbonyl (C=O) groups is 1. The van der Waals surface area contributed by atoms with Gasteiger partial charge in [-0.05, 0) is 50.6 Å². The van der Waals surface area contributed by atoms with Gasteiger partial charge < -0.3 is 19.4 Å². The van der Waals surface area contributed by atoms with Crippen LogP contribution in [-0.4, -0.2) is 24.6 Å². The van der Waals surface area contributed by atoms with E-state index in [1.54, 1.807) is 11.9 Å². The molecule has 0 fully saturated rings. The van der Waals surface area contributed by atoms with Crippen molar-refractivity contribution in [2.75, 3.05) is 13.7 Å². The van der Waals surface area contributed by atoms with Gasteiger partial charge >= 0.3 is 6.03 Å². The Morgan fingerprint density at radius 3 is 2.67 bits per heavy atom. The molecule has 27 heavy (non-hydrogen) atoms. The van der Waals surface area contributed by atoms with Gasteiger partial charge in [0.25, 0.3) is 0 Å². The molecule has 0 aliphatic rings. The number of fused-ring (bicyclic) bond motifs is 1. The van der Waals surface area contributed by atoms with Gasteiger partial charge in [0.1, 0.15) is 17.1 Å². The Balaban J connectivity index is 1.68. The van der Waals surface area contributed by atoms with E-state index >= 15 is 0 Å². The molecule has 0 saturated heterocycles. The van der Waals surface area contributed by atoms with Crippen molar-refractivity contribution in [1.82, 2.24) is 10.2 Å². The van der Waals surface area contributed by atoms with Crippen LogP contribution < -0.4 is 10.1 Å². The Labute approximate surface area is 159 Å². The zero-order valence-corrected chi connectivity index (χ0v) is 16.2. The topological polar surface area (TPSA) is 54.7 Å². The van der Waals surface area contributed by atoms with Gasteiger partial charge in [0.2, 0.25) is 0 Å². The third-order valence-corrected chi connectivity index (χ3v) is 4.77. The molecular weight excluding hydrogens is 340 g/mol. The number of hydrogen-bond acceptors (Lipinski definition) is 3. The monoisotopic (exact) mass is 366 g/mol. The summed E-state index contributed by atoms with van der Waals surface area (Å²) < 4.78 is 11.4. The molecule has 5 nitrogen and oxygen atoms in total. The minimum Gasteiger partial charge on any atom is -0.494 e. The predicted molar refractivity (Wildman–Crippen MR) is 107 cm³/mol. The molecule has 5 heteroatoms. The molecule has 0 saturated carbocycles. The first-order valence-corrected chi connectivity index (χ1v) is 9.24. The van der Waals surface area contributed by atoms with Gasteiger partial charge in [-0.2, -0.15) is 0 Å². The lowest BCUT2D eigenvalue weighted by Crippen LogP contribution is -2.39. The zero-order valence-electron chi connectivity index (χ0n) is 16.2. The Bertz CT molecular complexity index is 886. The number of nitrogens with zero attached hydrogens (tertiary/aromatic N) is 1. The first-order valence-electron chi connectivity index (χ1n) is 9.24. The quantitative estimate of drug-likeness (QED) is 0.644. The molecule has 1 heterocycles. The van der Waals surface area contributed by atoms with Gasteiger partial charge in [-0.15, -0.1) is 0 Å². The highest BCUT2D eigenvalue weighted by Gasteiger charge is 2.22. The van der Waals surface area contributed by atoms with E-state index < -0.39 is 0 Å². The van der Waals surface area contributed by atoms with Crippen molar-refractivity contribution in [1.29, 1.82) is 0 Å². The van der Waals surface area contributed by atoms with Crippen LogP contribution in [0.4, 0.5) is 4.79 Å². The second kappa shape index (κ2) is 8.16.